The van der Waals surface area contributed by atoms with Gasteiger partial charge in [-0.2, -0.15) is 0 Å². The van der Waals surface area contributed by atoms with Gasteiger partial charge in [0.25, 0.3) is 0 Å². The van der Waals surface area contributed by atoms with Crippen molar-refractivity contribution in [2.24, 2.45) is 17.2 Å². The summed E-state index contributed by atoms with van der Waals surface area (Å²) < 4.78 is 0. The zero-order valence-corrected chi connectivity index (χ0v) is 46.3. The van der Waals surface area contributed by atoms with Crippen LogP contribution in [-0.4, -0.2) is 269 Å². The molecule has 0 aromatic heterocycles. The van der Waals surface area contributed by atoms with Crippen LogP contribution in [0.1, 0.15) is 58.3 Å². The average molecular weight is 1230 g/mol. The van der Waals surface area contributed by atoms with Gasteiger partial charge in [0.05, 0.1) is 65.3 Å². The fourth-order valence-corrected chi connectivity index (χ4v) is 6.91. The summed E-state index contributed by atoms with van der Waals surface area (Å²) in [5.41, 5.74) is 16.2. The second kappa shape index (κ2) is 42.5. The SMILES string of the molecule is CC(O)C(NC(=O)C(CO)NC(=O)CN)C(=O)NC(CO)C(=O)NCC(=O)NC(CO)C(=O)NCC(=O)NC(CCCCN)C(=O)NC(CO)C(=O)NC(CO)C(=O)NC(CCC(=O)O)C(=O)NCC(=O)NC(CCCCN)C(=O)NCC(=O)O. The van der Waals surface area contributed by atoms with E-state index in [1.54, 1.807) is 0 Å². The van der Waals surface area contributed by atoms with Crippen molar-refractivity contribution >= 4 is 88.7 Å². The molecule has 0 fully saturated rings. The quantitative estimate of drug-likeness (QED) is 0.0252. The van der Waals surface area contributed by atoms with Gasteiger partial charge in [-0.3, -0.25) is 71.9 Å². The number of hydrogen-bond donors (Lipinski definition) is 24. The van der Waals surface area contributed by atoms with E-state index in [4.69, 9.17) is 22.3 Å². The van der Waals surface area contributed by atoms with Crippen molar-refractivity contribution in [1.82, 2.24) is 69.1 Å². The molecular formula is C46H80N16O23. The van der Waals surface area contributed by atoms with Gasteiger partial charge in [-0.25, -0.2) is 0 Å². The Balaban J connectivity index is 5.75. The molecule has 10 unspecified atom stereocenters. The van der Waals surface area contributed by atoms with Crippen molar-refractivity contribution in [2.75, 3.05) is 78.8 Å². The molecule has 27 N–H and O–H groups in total. The Bertz CT molecular complexity index is 2280. The highest BCUT2D eigenvalue weighted by Crippen LogP contribution is 2.05. The van der Waals surface area contributed by atoms with Crippen LogP contribution in [-0.2, 0) is 71.9 Å². The van der Waals surface area contributed by atoms with Crippen molar-refractivity contribution in [2.45, 2.75) is 119 Å². The molecule has 0 heterocycles. The standard InChI is InChI=1S/C46H80N16O23/c1-22(68)37(62-45(84)28(19-65)56-31(69)12-49)46(85)61-27(18-64)41(80)52-15-34(72)57-26(17-63)40(79)51-14-33(71)55-24(7-3-5-11-48)42(81)59-30(21-67)44(83)60-29(20-66)43(82)58-25(8-9-35(73)74)39(78)50-13-32(70)54-23(6-2-4-10-47)38(77)53-16-36(75)76/h22-30,37,63-68H,2-21,47-49H2,1H3,(H,50,78)(H,51,79)(H,52,80)(H,53,77)(H,54,70)(H,55,71)(H,56,69)(H,57,72)(H,58,82)(H,59,81)(H,60,83)(H,61,85)(H,62,84)(H,73,74)(H,75,76). The molecule has 482 valence electrons. The van der Waals surface area contributed by atoms with Crippen molar-refractivity contribution in [3.05, 3.63) is 0 Å². The molecule has 0 radical (unpaired) electrons. The first-order valence-corrected chi connectivity index (χ1v) is 26.2. The third-order valence-electron chi connectivity index (χ3n) is 11.5. The monoisotopic (exact) mass is 1220 g/mol. The van der Waals surface area contributed by atoms with Gasteiger partial charge in [0.15, 0.2) is 0 Å². The number of aliphatic carboxylic acids is 2. The largest absolute Gasteiger partial charge is 0.481 e. The number of nitrogens with one attached hydrogen (secondary N) is 13. The topological polar surface area (TPSA) is 652 Å². The first-order valence-electron chi connectivity index (χ1n) is 26.2. The normalized spacial score (nSPS) is 14.3. The maximum absolute atomic E-state index is 13.5. The number of unbranched alkanes of at least 4 members (excludes halogenated alkanes) is 2. The molecular weight excluding hydrogens is 1140 g/mol. The molecule has 0 saturated heterocycles. The summed E-state index contributed by atoms with van der Waals surface area (Å²) in [6, 6.07) is -15.4. The van der Waals surface area contributed by atoms with Crippen LogP contribution >= 0.6 is 0 Å². The summed E-state index contributed by atoms with van der Waals surface area (Å²) in [6.45, 7) is -8.07. The summed E-state index contributed by atoms with van der Waals surface area (Å²) in [5, 5.41) is 105. The molecule has 0 aromatic carbocycles. The Morgan fingerprint density at radius 1 is 0.341 bits per heavy atom. The molecule has 0 spiro atoms. The maximum Gasteiger partial charge on any atom is 0.322 e. The van der Waals surface area contributed by atoms with Crippen molar-refractivity contribution < 1.29 is 113 Å². The van der Waals surface area contributed by atoms with Crippen LogP contribution in [0.5, 0.6) is 0 Å². The number of carboxylic acid groups (broad SMARTS) is 2. The predicted molar refractivity (Wildman–Crippen MR) is 286 cm³/mol. The molecule has 85 heavy (non-hydrogen) atoms. The van der Waals surface area contributed by atoms with E-state index in [0.29, 0.717) is 19.3 Å². The Labute approximate surface area is 484 Å². The Hall–Kier alpha value is -8.31. The lowest BCUT2D eigenvalue weighted by Crippen LogP contribution is -2.61. The van der Waals surface area contributed by atoms with E-state index in [1.165, 1.54) is 0 Å². The van der Waals surface area contributed by atoms with Crippen LogP contribution < -0.4 is 86.3 Å². The number of amides is 13. The first-order chi connectivity index (χ1) is 40.2. The summed E-state index contributed by atoms with van der Waals surface area (Å²) in [5.74, 6) is -17.3. The van der Waals surface area contributed by atoms with Crippen LogP contribution in [0.15, 0.2) is 0 Å². The predicted octanol–water partition coefficient (Wildman–Crippen LogP) is -14.7. The second-order valence-electron chi connectivity index (χ2n) is 18.3. The van der Waals surface area contributed by atoms with Gasteiger partial charge in [-0.15, -0.1) is 0 Å². The number of carbonyl (C=O) groups excluding carboxylic acids is 13. The minimum Gasteiger partial charge on any atom is -0.481 e. The zero-order valence-electron chi connectivity index (χ0n) is 46.3. The van der Waals surface area contributed by atoms with Crippen LogP contribution in [0.3, 0.4) is 0 Å². The molecule has 39 nitrogen and oxygen atoms in total. The number of carboxylic acids is 2. The Morgan fingerprint density at radius 3 is 1.01 bits per heavy atom. The van der Waals surface area contributed by atoms with Crippen molar-refractivity contribution in [3.8, 4) is 0 Å². The lowest BCUT2D eigenvalue weighted by molar-refractivity contribution is -0.139. The van der Waals surface area contributed by atoms with E-state index in [-0.39, 0.29) is 32.4 Å². The summed E-state index contributed by atoms with van der Waals surface area (Å²) in [4.78, 5) is 189. The molecule has 0 rings (SSSR count). The Morgan fingerprint density at radius 2 is 0.635 bits per heavy atom. The van der Waals surface area contributed by atoms with E-state index in [9.17, 15) is 108 Å². The summed E-state index contributed by atoms with van der Waals surface area (Å²) >= 11 is 0. The van der Waals surface area contributed by atoms with E-state index in [2.05, 4.69) is 47.9 Å². The number of rotatable bonds is 44. The number of carbonyl (C=O) groups is 15. The van der Waals surface area contributed by atoms with Crippen molar-refractivity contribution in [1.29, 1.82) is 0 Å². The Kier molecular flexibility index (Phi) is 38.3. The number of nitrogens with two attached hydrogens (primary N) is 3. The average Bonchev–Trinajstić information content (AvgIpc) is 3.66. The molecule has 0 aliphatic rings. The highest BCUT2D eigenvalue weighted by atomic mass is 16.4. The van der Waals surface area contributed by atoms with Crippen LogP contribution in [0.4, 0.5) is 0 Å². The van der Waals surface area contributed by atoms with E-state index < -0.39 is 228 Å². The third kappa shape index (κ3) is 31.2. The number of hydrogen-bond acceptors (Lipinski definition) is 24. The van der Waals surface area contributed by atoms with Gasteiger partial charge in [0.1, 0.15) is 60.9 Å². The number of aliphatic hydroxyl groups is 6. The molecule has 39 heteroatoms. The van der Waals surface area contributed by atoms with Gasteiger partial charge < -0.3 is 127 Å². The molecule has 0 bridgehead atoms. The smallest absolute Gasteiger partial charge is 0.322 e. The molecule has 0 aliphatic carbocycles. The summed E-state index contributed by atoms with van der Waals surface area (Å²) in [7, 11) is 0. The highest BCUT2D eigenvalue weighted by molar-refractivity contribution is 5.99. The molecule has 0 saturated carbocycles. The highest BCUT2D eigenvalue weighted by Gasteiger charge is 2.34. The van der Waals surface area contributed by atoms with E-state index >= 15 is 0 Å². The second-order valence-corrected chi connectivity index (χ2v) is 18.3. The van der Waals surface area contributed by atoms with Gasteiger partial charge in [0, 0.05) is 6.42 Å². The maximum atomic E-state index is 13.5. The number of aliphatic hydroxyl groups excluding tert-OH is 6. The molecule has 0 aromatic rings. The zero-order chi connectivity index (χ0) is 64.8. The minimum atomic E-state index is -1.94. The lowest BCUT2D eigenvalue weighted by atomic mass is 10.1. The van der Waals surface area contributed by atoms with Crippen molar-refractivity contribution in [3.63, 3.8) is 0 Å². The van der Waals surface area contributed by atoms with Gasteiger partial charge in [-0.1, -0.05) is 0 Å². The summed E-state index contributed by atoms with van der Waals surface area (Å²) in [6.07, 6.45) is -1.85. The van der Waals surface area contributed by atoms with Crippen LogP contribution in [0.2, 0.25) is 0 Å². The van der Waals surface area contributed by atoms with Gasteiger partial charge >= 0.3 is 11.9 Å². The lowest BCUT2D eigenvalue weighted by Gasteiger charge is -2.25. The van der Waals surface area contributed by atoms with Gasteiger partial charge in [-0.05, 0) is 65.0 Å². The van der Waals surface area contributed by atoms with Gasteiger partial charge in [0.2, 0.25) is 76.8 Å². The van der Waals surface area contributed by atoms with Crippen LogP contribution in [0.25, 0.3) is 0 Å². The van der Waals surface area contributed by atoms with E-state index in [1.807, 2.05) is 21.3 Å². The molecule has 0 aliphatic heterocycles. The first kappa shape index (κ1) is 76.7. The third-order valence-corrected chi connectivity index (χ3v) is 11.5. The fraction of sp³-hybridized carbons (Fsp3) is 0.674. The molecule has 10 atom stereocenters. The fourth-order valence-electron chi connectivity index (χ4n) is 6.91. The molecule has 13 amide bonds. The van der Waals surface area contributed by atoms with E-state index in [0.717, 1.165) is 6.92 Å². The minimum absolute atomic E-state index is 0.0295. The van der Waals surface area contributed by atoms with Crippen LogP contribution in [0, 0.1) is 0 Å².